The van der Waals surface area contributed by atoms with Gasteiger partial charge in [-0.15, -0.1) is 0 Å². The van der Waals surface area contributed by atoms with Gasteiger partial charge < -0.3 is 16.0 Å². The third-order valence-electron chi connectivity index (χ3n) is 2.48. The number of urea groups is 1. The van der Waals surface area contributed by atoms with Crippen LogP contribution in [0.3, 0.4) is 0 Å². The monoisotopic (exact) mass is 184 g/mol. The summed E-state index contributed by atoms with van der Waals surface area (Å²) in [5.74, 6) is 0. The van der Waals surface area contributed by atoms with Crippen molar-refractivity contribution >= 4 is 6.03 Å². The van der Waals surface area contributed by atoms with Gasteiger partial charge in [0.2, 0.25) is 0 Å². The maximum Gasteiger partial charge on any atom is 0.316 e. The van der Waals surface area contributed by atoms with E-state index in [1.54, 1.807) is 0 Å². The number of amides is 2. The minimum atomic E-state index is -0.0501. The van der Waals surface area contributed by atoms with Crippen LogP contribution in [0.25, 0.3) is 0 Å². The quantitative estimate of drug-likeness (QED) is 0.443. The maximum atomic E-state index is 11.3. The molecule has 0 aromatic heterocycles. The zero-order valence-corrected chi connectivity index (χ0v) is 7.60. The summed E-state index contributed by atoms with van der Waals surface area (Å²) in [6, 6.07) is 0.271. The van der Waals surface area contributed by atoms with Crippen LogP contribution in [0.1, 0.15) is 12.8 Å². The first-order valence-electron chi connectivity index (χ1n) is 4.86. The zero-order chi connectivity index (χ0) is 9.10. The van der Waals surface area contributed by atoms with Gasteiger partial charge in [0.25, 0.3) is 0 Å². The van der Waals surface area contributed by atoms with Gasteiger partial charge in [-0.05, 0) is 19.4 Å². The lowest BCUT2D eigenvalue weighted by Gasteiger charge is -2.28. The van der Waals surface area contributed by atoms with Gasteiger partial charge in [0.05, 0.1) is 12.2 Å². The van der Waals surface area contributed by atoms with Crippen molar-refractivity contribution < 1.29 is 4.79 Å². The van der Waals surface area contributed by atoms with E-state index in [-0.39, 0.29) is 12.2 Å². The lowest BCUT2D eigenvalue weighted by molar-refractivity contribution is 0.226. The highest BCUT2D eigenvalue weighted by Crippen LogP contribution is 2.01. The van der Waals surface area contributed by atoms with E-state index in [9.17, 15) is 4.79 Å². The predicted molar refractivity (Wildman–Crippen MR) is 49.3 cm³/mol. The fourth-order valence-electron chi connectivity index (χ4n) is 1.58. The lowest BCUT2D eigenvalue weighted by atomic mass is 10.2. The van der Waals surface area contributed by atoms with Crippen molar-refractivity contribution in [1.82, 2.24) is 21.3 Å². The Bertz CT molecular complexity index is 187. The van der Waals surface area contributed by atoms with E-state index < -0.39 is 0 Å². The van der Waals surface area contributed by atoms with Crippen molar-refractivity contribution in [3.05, 3.63) is 0 Å². The van der Waals surface area contributed by atoms with E-state index in [1.165, 1.54) is 0 Å². The van der Waals surface area contributed by atoms with Gasteiger partial charge >= 0.3 is 6.03 Å². The molecule has 5 heteroatoms. The smallest absolute Gasteiger partial charge is 0.316 e. The van der Waals surface area contributed by atoms with Gasteiger partial charge in [0.15, 0.2) is 0 Å². The highest BCUT2D eigenvalue weighted by molar-refractivity contribution is 5.74. The molecule has 74 valence electrons. The average Bonchev–Trinajstić information content (AvgIpc) is 2.49. The molecule has 0 bridgehead atoms. The van der Waals surface area contributed by atoms with Gasteiger partial charge in [0, 0.05) is 13.1 Å². The van der Waals surface area contributed by atoms with Crippen LogP contribution in [0.15, 0.2) is 0 Å². The van der Waals surface area contributed by atoms with E-state index >= 15 is 0 Å². The molecule has 0 saturated carbocycles. The van der Waals surface area contributed by atoms with Crippen LogP contribution in [0.4, 0.5) is 4.79 Å². The molecule has 2 rings (SSSR count). The summed E-state index contributed by atoms with van der Waals surface area (Å²) >= 11 is 0. The van der Waals surface area contributed by atoms with Crippen LogP contribution in [0.2, 0.25) is 0 Å². The molecular formula is C8H16N4O. The summed E-state index contributed by atoms with van der Waals surface area (Å²) in [5, 5.41) is 12.1. The van der Waals surface area contributed by atoms with Gasteiger partial charge in [-0.3, -0.25) is 5.32 Å². The second kappa shape index (κ2) is 3.93. The molecule has 2 fully saturated rings. The Labute approximate surface area is 77.6 Å². The number of carbonyl (C=O) groups is 1. The molecule has 0 aliphatic carbocycles. The molecule has 2 aliphatic rings. The third-order valence-corrected chi connectivity index (χ3v) is 2.48. The first-order chi connectivity index (χ1) is 6.34. The number of hydrogen-bond acceptors (Lipinski definition) is 3. The number of carbonyl (C=O) groups excluding carboxylic acids is 1. The second-order valence-electron chi connectivity index (χ2n) is 3.62. The molecule has 13 heavy (non-hydrogen) atoms. The van der Waals surface area contributed by atoms with Gasteiger partial charge in [-0.2, -0.15) is 0 Å². The molecule has 2 saturated heterocycles. The molecule has 1 atom stereocenters. The molecule has 4 N–H and O–H groups in total. The summed E-state index contributed by atoms with van der Waals surface area (Å²) in [7, 11) is 0. The molecule has 0 aromatic carbocycles. The van der Waals surface area contributed by atoms with E-state index in [4.69, 9.17) is 0 Å². The largest absolute Gasteiger partial charge is 0.333 e. The maximum absolute atomic E-state index is 11.3. The molecule has 2 heterocycles. The fourth-order valence-corrected chi connectivity index (χ4v) is 1.58. The Morgan fingerprint density at radius 2 is 2.15 bits per heavy atom. The average molecular weight is 184 g/mol. The molecule has 5 nitrogen and oxygen atoms in total. The van der Waals surface area contributed by atoms with E-state index in [0.717, 1.165) is 32.5 Å². The van der Waals surface area contributed by atoms with Crippen LogP contribution in [-0.4, -0.2) is 37.9 Å². The SMILES string of the molecule is O=C(NC1CNC1)NC1CCCN1. The highest BCUT2D eigenvalue weighted by atomic mass is 16.2. The molecule has 0 aromatic rings. The van der Waals surface area contributed by atoms with Crippen LogP contribution in [0, 0.1) is 0 Å². The first kappa shape index (κ1) is 8.77. The standard InChI is InChI=1S/C8H16N4O/c13-8(11-6-4-9-5-6)12-7-2-1-3-10-7/h6-7,9-10H,1-5H2,(H2,11,12,13). The predicted octanol–water partition coefficient (Wildman–Crippen LogP) is -1.03. The number of nitrogens with one attached hydrogen (secondary N) is 4. The van der Waals surface area contributed by atoms with Crippen LogP contribution >= 0.6 is 0 Å². The summed E-state index contributed by atoms with van der Waals surface area (Å²) in [5.41, 5.74) is 0. The van der Waals surface area contributed by atoms with Crippen LogP contribution in [-0.2, 0) is 0 Å². The van der Waals surface area contributed by atoms with Crippen molar-refractivity contribution in [3.8, 4) is 0 Å². The van der Waals surface area contributed by atoms with Gasteiger partial charge in [-0.1, -0.05) is 0 Å². The van der Waals surface area contributed by atoms with E-state index in [0.29, 0.717) is 6.04 Å². The number of hydrogen-bond donors (Lipinski definition) is 4. The van der Waals surface area contributed by atoms with Crippen molar-refractivity contribution in [1.29, 1.82) is 0 Å². The highest BCUT2D eigenvalue weighted by Gasteiger charge is 2.21. The minimum absolute atomic E-state index is 0.0501. The van der Waals surface area contributed by atoms with Crippen molar-refractivity contribution in [2.24, 2.45) is 0 Å². The van der Waals surface area contributed by atoms with E-state index in [1.807, 2.05) is 0 Å². The molecule has 1 unspecified atom stereocenters. The topological polar surface area (TPSA) is 65.2 Å². The summed E-state index contributed by atoms with van der Waals surface area (Å²) in [4.78, 5) is 11.3. The third kappa shape index (κ3) is 2.32. The van der Waals surface area contributed by atoms with Gasteiger partial charge in [0.1, 0.15) is 0 Å². The Kier molecular flexibility index (Phi) is 2.65. The molecule has 0 radical (unpaired) electrons. The Balaban J connectivity index is 1.64. The van der Waals surface area contributed by atoms with Gasteiger partial charge in [-0.25, -0.2) is 4.79 Å². The van der Waals surface area contributed by atoms with E-state index in [2.05, 4.69) is 21.3 Å². The molecular weight excluding hydrogens is 168 g/mol. The van der Waals surface area contributed by atoms with Crippen molar-refractivity contribution in [2.75, 3.05) is 19.6 Å². The summed E-state index contributed by atoms with van der Waals surface area (Å²) in [6.07, 6.45) is 2.36. The second-order valence-corrected chi connectivity index (χ2v) is 3.62. The molecule has 2 amide bonds. The first-order valence-corrected chi connectivity index (χ1v) is 4.86. The lowest BCUT2D eigenvalue weighted by Crippen LogP contribution is -2.60. The Hall–Kier alpha value is -0.810. The summed E-state index contributed by atoms with van der Waals surface area (Å²) < 4.78 is 0. The summed E-state index contributed by atoms with van der Waals surface area (Å²) in [6.45, 7) is 2.80. The molecule has 0 spiro atoms. The Morgan fingerprint density at radius 3 is 2.69 bits per heavy atom. The number of rotatable bonds is 2. The zero-order valence-electron chi connectivity index (χ0n) is 7.60. The normalized spacial score (nSPS) is 28.2. The molecule has 2 aliphatic heterocycles. The Morgan fingerprint density at radius 1 is 1.31 bits per heavy atom. The fraction of sp³-hybridized carbons (Fsp3) is 0.875. The van der Waals surface area contributed by atoms with Crippen molar-refractivity contribution in [2.45, 2.75) is 25.0 Å². The van der Waals surface area contributed by atoms with Crippen LogP contribution < -0.4 is 21.3 Å². The minimum Gasteiger partial charge on any atom is -0.333 e. The van der Waals surface area contributed by atoms with Crippen molar-refractivity contribution in [3.63, 3.8) is 0 Å². The van der Waals surface area contributed by atoms with Crippen LogP contribution in [0.5, 0.6) is 0 Å².